The van der Waals surface area contributed by atoms with Crippen LogP contribution in [0, 0.1) is 13.8 Å². The molecule has 0 N–H and O–H groups in total. The normalized spacial score (nSPS) is 20.2. The standard InChI is InChI=1S/C49H50F6N3/c1-9-56-41-25-19-35(48(50,51)52)29-39(41)46(5,6)43(56)27-17-33-15-16-34(45(33)58(37-21-11-31(3)12-22-37)38-23-13-32(4)14-24-38)18-28-44-47(7,8)40-30-36(49(53,54)55)20-26-42(40)57(44)10-2/h11-14,17-30H,9-10,15-16H2,1-8H3/q+1. The minimum Gasteiger partial charge on any atom is -0.344 e. The van der Waals surface area contributed by atoms with E-state index < -0.39 is 34.3 Å². The second-order valence-corrected chi connectivity index (χ2v) is 16.5. The van der Waals surface area contributed by atoms with Gasteiger partial charge in [-0.15, -0.1) is 0 Å². The maximum absolute atomic E-state index is 13.9. The Morgan fingerprint density at radius 3 is 1.24 bits per heavy atom. The number of likely N-dealkylation sites (N-methyl/N-ethyl adjacent to an activating group) is 2. The van der Waals surface area contributed by atoms with Crippen LogP contribution >= 0.6 is 0 Å². The van der Waals surface area contributed by atoms with Gasteiger partial charge >= 0.3 is 12.4 Å². The van der Waals surface area contributed by atoms with Crippen LogP contribution in [0.25, 0.3) is 0 Å². The highest BCUT2D eigenvalue weighted by molar-refractivity contribution is 6.17. The van der Waals surface area contributed by atoms with Gasteiger partial charge in [0, 0.05) is 82.1 Å². The van der Waals surface area contributed by atoms with Crippen LogP contribution in [0.5, 0.6) is 0 Å². The van der Waals surface area contributed by atoms with Gasteiger partial charge in [-0.2, -0.15) is 30.9 Å². The van der Waals surface area contributed by atoms with Gasteiger partial charge in [-0.05, 0) is 100 Å². The van der Waals surface area contributed by atoms with E-state index in [2.05, 4.69) is 101 Å². The Labute approximate surface area is 338 Å². The van der Waals surface area contributed by atoms with Crippen molar-refractivity contribution in [3.8, 4) is 0 Å². The minimum absolute atomic E-state index is 0.585. The first kappa shape index (κ1) is 40.9. The molecule has 0 atom stereocenters. The third-order valence-electron chi connectivity index (χ3n) is 12.0. The van der Waals surface area contributed by atoms with Crippen molar-refractivity contribution < 1.29 is 26.3 Å². The minimum atomic E-state index is -4.45. The Morgan fingerprint density at radius 2 is 0.914 bits per heavy atom. The molecule has 2 heterocycles. The molecule has 3 aliphatic rings. The van der Waals surface area contributed by atoms with Crippen LogP contribution in [-0.2, 0) is 23.2 Å². The third kappa shape index (κ3) is 7.22. The number of aryl methyl sites for hydroxylation is 2. The number of hydrogen-bond donors (Lipinski definition) is 0. The molecule has 0 amide bonds. The van der Waals surface area contributed by atoms with Crippen LogP contribution in [-0.4, -0.2) is 18.8 Å². The molecule has 0 unspecified atom stereocenters. The maximum Gasteiger partial charge on any atom is 0.416 e. The van der Waals surface area contributed by atoms with Crippen molar-refractivity contribution in [1.29, 1.82) is 0 Å². The lowest BCUT2D eigenvalue weighted by atomic mass is 9.82. The van der Waals surface area contributed by atoms with Gasteiger partial charge in [-0.25, -0.2) is 0 Å². The summed E-state index contributed by atoms with van der Waals surface area (Å²) >= 11 is 0. The summed E-state index contributed by atoms with van der Waals surface area (Å²) in [7, 11) is 0. The largest absolute Gasteiger partial charge is 0.416 e. The molecule has 0 spiro atoms. The summed E-state index contributed by atoms with van der Waals surface area (Å²) in [6, 6.07) is 24.8. The summed E-state index contributed by atoms with van der Waals surface area (Å²) in [6.45, 7) is 17.2. The Morgan fingerprint density at radius 1 is 0.552 bits per heavy atom. The maximum atomic E-state index is 13.9. The molecule has 4 aromatic rings. The zero-order chi connectivity index (χ0) is 41.9. The number of allylic oxidation sites excluding steroid dienone is 8. The second kappa shape index (κ2) is 14.8. The lowest BCUT2D eigenvalue weighted by Gasteiger charge is -2.26. The van der Waals surface area contributed by atoms with Gasteiger partial charge < -0.3 is 9.80 Å². The molecule has 4 aromatic carbocycles. The fourth-order valence-corrected chi connectivity index (χ4v) is 8.86. The second-order valence-electron chi connectivity index (χ2n) is 16.5. The molecule has 302 valence electrons. The van der Waals surface area contributed by atoms with E-state index in [4.69, 9.17) is 0 Å². The number of anilines is 2. The number of nitrogens with zero attached hydrogens (tertiary/aromatic N) is 3. The van der Waals surface area contributed by atoms with Gasteiger partial charge in [-0.3, -0.25) is 0 Å². The molecule has 9 heteroatoms. The molecule has 1 saturated carbocycles. The van der Waals surface area contributed by atoms with E-state index in [-0.39, 0.29) is 0 Å². The Balaban J connectivity index is 1.43. The van der Waals surface area contributed by atoms with Gasteiger partial charge in [-0.1, -0.05) is 75.2 Å². The quantitative estimate of drug-likeness (QED) is 0.142. The predicted octanol–water partition coefficient (Wildman–Crippen LogP) is 13.7. The molecule has 0 radical (unpaired) electrons. The average molecular weight is 795 g/mol. The van der Waals surface area contributed by atoms with Crippen LogP contribution in [0.4, 0.5) is 49.1 Å². The lowest BCUT2D eigenvalue weighted by Crippen LogP contribution is -2.26. The summed E-state index contributed by atoms with van der Waals surface area (Å²) in [5.74, 6) is 0. The lowest BCUT2D eigenvalue weighted by molar-refractivity contribution is -0.138. The molecular weight excluding hydrogens is 745 g/mol. The van der Waals surface area contributed by atoms with Crippen LogP contribution < -0.4 is 14.4 Å². The average Bonchev–Trinajstić information content (AvgIpc) is 3.74. The van der Waals surface area contributed by atoms with E-state index in [1.54, 1.807) is 12.1 Å². The molecule has 7 rings (SSSR count). The van der Waals surface area contributed by atoms with E-state index in [0.717, 1.165) is 74.3 Å². The van der Waals surface area contributed by atoms with Gasteiger partial charge in [0.25, 0.3) is 0 Å². The van der Waals surface area contributed by atoms with Crippen LogP contribution in [0.3, 0.4) is 0 Å². The summed E-state index contributed by atoms with van der Waals surface area (Å²) in [5, 5.41) is 0. The number of benzene rings is 4. The number of rotatable bonds is 6. The van der Waals surface area contributed by atoms with Crippen molar-refractivity contribution in [3.05, 3.63) is 165 Å². The van der Waals surface area contributed by atoms with Gasteiger partial charge in [0.05, 0.1) is 11.1 Å². The SMILES string of the molecule is CCN1/C(=C/C=C2\CC/C(=C\C=C3\N(CC)c4ccc(C(F)(F)F)cc4C3(C)C)C2=[N+](c2ccc(C)cc2)c2ccc(C)cc2)C(C)(C)c2cc(C(F)(F)F)ccc21. The monoisotopic (exact) mass is 794 g/mol. The van der Waals surface area contributed by atoms with E-state index in [1.807, 2.05) is 41.5 Å². The highest BCUT2D eigenvalue weighted by atomic mass is 19.4. The molecule has 0 saturated heterocycles. The van der Waals surface area contributed by atoms with Crippen molar-refractivity contribution in [2.45, 2.75) is 91.4 Å². The fraction of sp³-hybridized carbons (Fsp3) is 0.327. The summed E-state index contributed by atoms with van der Waals surface area (Å²) in [6.07, 6.45) is 0.908. The van der Waals surface area contributed by atoms with Crippen LogP contribution in [0.15, 0.2) is 132 Å². The fourth-order valence-electron chi connectivity index (χ4n) is 8.86. The van der Waals surface area contributed by atoms with Crippen molar-refractivity contribution in [3.63, 3.8) is 0 Å². The number of fused-ring (bicyclic) bond motifs is 2. The summed E-state index contributed by atoms with van der Waals surface area (Å²) in [5.41, 5.74) is 9.24. The zero-order valence-electron chi connectivity index (χ0n) is 34.3. The number of halogens is 6. The van der Waals surface area contributed by atoms with Gasteiger partial charge in [0.15, 0.2) is 0 Å². The highest BCUT2D eigenvalue weighted by Crippen LogP contribution is 2.51. The number of hydrogen-bond acceptors (Lipinski definition) is 2. The van der Waals surface area contributed by atoms with E-state index in [9.17, 15) is 26.3 Å². The van der Waals surface area contributed by atoms with Crippen molar-refractivity contribution in [2.24, 2.45) is 0 Å². The molecule has 1 aliphatic carbocycles. The topological polar surface area (TPSA) is 9.49 Å². The summed E-state index contributed by atoms with van der Waals surface area (Å²) in [4.78, 5) is 4.20. The zero-order valence-corrected chi connectivity index (χ0v) is 34.3. The van der Waals surface area contributed by atoms with Gasteiger partial charge in [0.1, 0.15) is 0 Å². The molecule has 3 nitrogen and oxygen atoms in total. The van der Waals surface area contributed by atoms with Crippen molar-refractivity contribution in [2.75, 3.05) is 22.9 Å². The third-order valence-corrected chi connectivity index (χ3v) is 12.0. The summed E-state index contributed by atoms with van der Waals surface area (Å²) < 4.78 is 85.6. The number of alkyl halides is 6. The molecule has 1 fully saturated rings. The van der Waals surface area contributed by atoms with Crippen LogP contribution in [0.2, 0.25) is 0 Å². The van der Waals surface area contributed by atoms with E-state index in [1.165, 1.54) is 12.1 Å². The van der Waals surface area contributed by atoms with E-state index >= 15 is 0 Å². The Kier molecular flexibility index (Phi) is 10.4. The smallest absolute Gasteiger partial charge is 0.344 e. The molecule has 0 aromatic heterocycles. The first-order valence-electron chi connectivity index (χ1n) is 19.9. The molecular formula is C49H50F6N3+. The Bertz CT molecular complexity index is 2240. The first-order chi connectivity index (χ1) is 27.3. The van der Waals surface area contributed by atoms with Crippen LogP contribution in [0.1, 0.15) is 87.8 Å². The molecule has 58 heavy (non-hydrogen) atoms. The predicted molar refractivity (Wildman–Crippen MR) is 225 cm³/mol. The van der Waals surface area contributed by atoms with Crippen molar-refractivity contribution in [1.82, 2.24) is 4.58 Å². The van der Waals surface area contributed by atoms with E-state index in [0.29, 0.717) is 37.1 Å². The first-order valence-corrected chi connectivity index (χ1v) is 19.9. The highest BCUT2D eigenvalue weighted by Gasteiger charge is 2.44. The molecule has 0 bridgehead atoms. The van der Waals surface area contributed by atoms with Gasteiger partial charge in [0.2, 0.25) is 17.1 Å². The van der Waals surface area contributed by atoms with Crippen molar-refractivity contribution >= 4 is 28.5 Å². The Hall–Kier alpha value is -5.31. The molecule has 2 aliphatic heterocycles.